The first-order valence-electron chi connectivity index (χ1n) is 9.50. The predicted molar refractivity (Wildman–Crippen MR) is 99.1 cm³/mol. The van der Waals surface area contributed by atoms with E-state index in [1.165, 1.54) is 6.07 Å². The largest absolute Gasteiger partial charge is 0.435 e. The summed E-state index contributed by atoms with van der Waals surface area (Å²) in [7, 11) is 1.88. The van der Waals surface area contributed by atoms with Gasteiger partial charge in [-0.2, -0.15) is 26.3 Å². The summed E-state index contributed by atoms with van der Waals surface area (Å²) in [4.78, 5) is 6.10. The van der Waals surface area contributed by atoms with E-state index >= 15 is 0 Å². The van der Waals surface area contributed by atoms with Crippen LogP contribution in [0.4, 0.5) is 36.4 Å². The average molecular weight is 434 g/mol. The summed E-state index contributed by atoms with van der Waals surface area (Å²) in [5.74, 6) is -0.126. The number of likely N-dealkylation sites (N-methyl/N-ethyl adjacent to an activating group) is 1. The maximum atomic E-state index is 14.4. The van der Waals surface area contributed by atoms with Crippen LogP contribution in [0.2, 0.25) is 0 Å². The molecular formula is C21H21F7N2. The Hall–Kier alpha value is -2.32. The van der Waals surface area contributed by atoms with Gasteiger partial charge < -0.3 is 4.90 Å². The number of hydrogen-bond donors (Lipinski definition) is 0. The molecule has 2 aromatic rings. The van der Waals surface area contributed by atoms with Crippen LogP contribution in [-0.2, 0) is 12.1 Å². The normalized spacial score (nSPS) is 20.0. The lowest BCUT2D eigenvalue weighted by atomic mass is 9.75. The minimum atomic E-state index is -6.11. The van der Waals surface area contributed by atoms with Crippen LogP contribution in [0.15, 0.2) is 42.7 Å². The van der Waals surface area contributed by atoms with Gasteiger partial charge in [0.25, 0.3) is 0 Å². The summed E-state index contributed by atoms with van der Waals surface area (Å²) in [5.41, 5.74) is -4.99. The van der Waals surface area contributed by atoms with Crippen LogP contribution in [0.1, 0.15) is 42.4 Å². The first-order chi connectivity index (χ1) is 13.9. The predicted octanol–water partition coefficient (Wildman–Crippen LogP) is 6.32. The molecule has 0 spiro atoms. The molecule has 0 saturated carbocycles. The van der Waals surface area contributed by atoms with Crippen molar-refractivity contribution in [3.8, 4) is 0 Å². The van der Waals surface area contributed by atoms with Gasteiger partial charge in [0, 0.05) is 30.8 Å². The Morgan fingerprint density at radius 2 is 1.70 bits per heavy atom. The van der Waals surface area contributed by atoms with E-state index in [2.05, 4.69) is 4.98 Å². The lowest BCUT2D eigenvalue weighted by Gasteiger charge is -2.40. The van der Waals surface area contributed by atoms with Gasteiger partial charge in [-0.15, -0.1) is 0 Å². The van der Waals surface area contributed by atoms with Crippen LogP contribution < -0.4 is 4.90 Å². The Bertz CT molecular complexity index is 863. The van der Waals surface area contributed by atoms with E-state index in [0.717, 1.165) is 11.8 Å². The average Bonchev–Trinajstić information content (AvgIpc) is 2.70. The van der Waals surface area contributed by atoms with Gasteiger partial charge >= 0.3 is 18.0 Å². The fraction of sp³-hybridized carbons (Fsp3) is 0.476. The summed E-state index contributed by atoms with van der Waals surface area (Å²) in [6, 6.07) is 6.22. The van der Waals surface area contributed by atoms with Gasteiger partial charge in [0.1, 0.15) is 0 Å². The Balaban J connectivity index is 2.01. The molecule has 164 valence electrons. The van der Waals surface area contributed by atoms with E-state index < -0.39 is 23.6 Å². The van der Waals surface area contributed by atoms with E-state index in [-0.39, 0.29) is 18.4 Å². The summed E-state index contributed by atoms with van der Waals surface area (Å²) in [6.45, 7) is 1.91. The second kappa shape index (κ2) is 7.74. The molecule has 1 aliphatic rings. The van der Waals surface area contributed by atoms with Gasteiger partial charge in [-0.05, 0) is 42.5 Å². The summed E-state index contributed by atoms with van der Waals surface area (Å²) in [5, 5.41) is 0. The highest BCUT2D eigenvalue weighted by Crippen LogP contribution is 2.54. The van der Waals surface area contributed by atoms with Crippen molar-refractivity contribution in [2.45, 2.75) is 56.2 Å². The van der Waals surface area contributed by atoms with Crippen LogP contribution >= 0.6 is 0 Å². The molecule has 2 atom stereocenters. The van der Waals surface area contributed by atoms with E-state index in [0.29, 0.717) is 30.0 Å². The minimum Gasteiger partial charge on any atom is -0.370 e. The number of rotatable bonds is 4. The Morgan fingerprint density at radius 1 is 1.03 bits per heavy atom. The van der Waals surface area contributed by atoms with E-state index in [9.17, 15) is 30.7 Å². The van der Waals surface area contributed by atoms with Crippen LogP contribution in [0, 0.1) is 0 Å². The number of nitrogens with zero attached hydrogens (tertiary/aromatic N) is 2. The number of pyridine rings is 1. The van der Waals surface area contributed by atoms with Gasteiger partial charge in [-0.1, -0.05) is 25.1 Å². The van der Waals surface area contributed by atoms with Gasteiger partial charge in [-0.3, -0.25) is 4.98 Å². The van der Waals surface area contributed by atoms with Gasteiger partial charge in [0.15, 0.2) is 0 Å². The quantitative estimate of drug-likeness (QED) is 0.524. The van der Waals surface area contributed by atoms with Crippen molar-refractivity contribution in [1.29, 1.82) is 0 Å². The van der Waals surface area contributed by atoms with Gasteiger partial charge in [0.2, 0.25) is 0 Å². The first-order valence-corrected chi connectivity index (χ1v) is 9.50. The zero-order valence-electron chi connectivity index (χ0n) is 16.4. The number of benzene rings is 1. The van der Waals surface area contributed by atoms with Crippen LogP contribution in [0.5, 0.6) is 0 Å². The maximum absolute atomic E-state index is 14.4. The smallest absolute Gasteiger partial charge is 0.370 e. The maximum Gasteiger partial charge on any atom is 0.435 e. The highest BCUT2D eigenvalue weighted by molar-refractivity contribution is 5.48. The van der Waals surface area contributed by atoms with E-state index in [1.807, 2.05) is 24.9 Å². The number of aromatic nitrogens is 1. The Kier molecular flexibility index (Phi) is 5.77. The standard InChI is InChI=1S/C21H21F7N2/c1-3-16-17-8-7-14(19(22,20(23,24)25)21(26,27)28)11-13(17)6-9-18(16)30(2)15-5-4-10-29-12-15/h4-5,7-8,10-12,16,18H,3,6,9H2,1-2H3. The molecule has 1 aromatic carbocycles. The van der Waals surface area contributed by atoms with Crippen LogP contribution in [0.3, 0.4) is 0 Å². The molecule has 2 nitrogen and oxygen atoms in total. The molecular weight excluding hydrogens is 413 g/mol. The molecule has 0 fully saturated rings. The van der Waals surface area contributed by atoms with Gasteiger partial charge in [-0.25, -0.2) is 4.39 Å². The molecule has 0 amide bonds. The van der Waals surface area contributed by atoms with E-state index in [4.69, 9.17) is 0 Å². The summed E-state index contributed by atoms with van der Waals surface area (Å²) < 4.78 is 93.1. The van der Waals surface area contributed by atoms with Crippen molar-refractivity contribution < 1.29 is 30.7 Å². The summed E-state index contributed by atoms with van der Waals surface area (Å²) in [6.07, 6.45) is -7.51. The number of anilines is 1. The van der Waals surface area contributed by atoms with Crippen molar-refractivity contribution in [1.82, 2.24) is 4.98 Å². The van der Waals surface area contributed by atoms with Crippen LogP contribution in [-0.4, -0.2) is 30.4 Å². The fourth-order valence-electron chi connectivity index (χ4n) is 4.31. The Labute approximate surface area is 169 Å². The number of aryl methyl sites for hydroxylation is 1. The SMILES string of the molecule is CCC1c2ccc(C(F)(C(F)(F)F)C(F)(F)F)cc2CCC1N(C)c1cccnc1. The van der Waals surface area contributed by atoms with Crippen molar-refractivity contribution in [2.24, 2.45) is 0 Å². The fourth-order valence-corrected chi connectivity index (χ4v) is 4.31. The van der Waals surface area contributed by atoms with E-state index in [1.54, 1.807) is 18.5 Å². The Morgan fingerprint density at radius 3 is 2.23 bits per heavy atom. The molecule has 1 aromatic heterocycles. The van der Waals surface area contributed by atoms with Crippen LogP contribution in [0.25, 0.3) is 0 Å². The van der Waals surface area contributed by atoms with Crippen molar-refractivity contribution in [2.75, 3.05) is 11.9 Å². The highest BCUT2D eigenvalue weighted by Gasteiger charge is 2.73. The zero-order chi connectivity index (χ0) is 22.3. The molecule has 0 N–H and O–H groups in total. The summed E-state index contributed by atoms with van der Waals surface area (Å²) >= 11 is 0. The van der Waals surface area contributed by atoms with Gasteiger partial charge in [0.05, 0.1) is 11.9 Å². The number of halogens is 7. The second-order valence-corrected chi connectivity index (χ2v) is 7.51. The monoisotopic (exact) mass is 434 g/mol. The number of hydrogen-bond acceptors (Lipinski definition) is 2. The molecule has 1 heterocycles. The molecule has 1 aliphatic carbocycles. The lowest BCUT2D eigenvalue weighted by molar-refractivity contribution is -0.348. The third-order valence-corrected chi connectivity index (χ3v) is 5.89. The lowest BCUT2D eigenvalue weighted by Crippen LogP contribution is -2.50. The van der Waals surface area contributed by atoms with Crippen molar-refractivity contribution >= 4 is 5.69 Å². The molecule has 0 radical (unpaired) electrons. The molecule has 0 aliphatic heterocycles. The molecule has 0 saturated heterocycles. The highest BCUT2D eigenvalue weighted by atomic mass is 19.4. The molecule has 2 unspecified atom stereocenters. The number of fused-ring (bicyclic) bond motifs is 1. The van der Waals surface area contributed by atoms with Crippen molar-refractivity contribution in [3.05, 3.63) is 59.4 Å². The molecule has 30 heavy (non-hydrogen) atoms. The number of alkyl halides is 7. The zero-order valence-corrected chi connectivity index (χ0v) is 16.4. The molecule has 3 rings (SSSR count). The molecule has 9 heteroatoms. The third-order valence-electron chi connectivity index (χ3n) is 5.89. The third kappa shape index (κ3) is 3.63. The molecule has 0 bridgehead atoms. The minimum absolute atomic E-state index is 0.0158. The first kappa shape index (κ1) is 22.4. The second-order valence-electron chi connectivity index (χ2n) is 7.51. The van der Waals surface area contributed by atoms with Crippen molar-refractivity contribution in [3.63, 3.8) is 0 Å². The topological polar surface area (TPSA) is 16.1 Å².